The van der Waals surface area contributed by atoms with E-state index in [2.05, 4.69) is 55.4 Å². The van der Waals surface area contributed by atoms with Crippen LogP contribution in [0.25, 0.3) is 35.2 Å². The van der Waals surface area contributed by atoms with Gasteiger partial charge in [0.25, 0.3) is 0 Å². The monoisotopic (exact) mass is 547 g/mol. The molecule has 2 N–H and O–H groups in total. The molecule has 1 aliphatic rings. The van der Waals surface area contributed by atoms with Crippen LogP contribution in [0.2, 0.25) is 0 Å². The second kappa shape index (κ2) is 13.1. The number of H-pyrrole nitrogens is 2. The Kier molecular flexibility index (Phi) is 8.50. The van der Waals surface area contributed by atoms with Crippen LogP contribution in [0.5, 0.6) is 11.5 Å². The van der Waals surface area contributed by atoms with Crippen LogP contribution in [-0.2, 0) is 11.3 Å². The molecule has 5 aromatic rings. The van der Waals surface area contributed by atoms with Gasteiger partial charge in [-0.3, -0.25) is 15.0 Å². The number of ether oxygens (including phenoxy) is 3. The number of benzene rings is 2. The van der Waals surface area contributed by atoms with Crippen molar-refractivity contribution in [2.75, 3.05) is 39.5 Å². The van der Waals surface area contributed by atoms with Crippen LogP contribution in [0.15, 0.2) is 79.1 Å². The topological polar surface area (TPSA) is 88.3 Å². The van der Waals surface area contributed by atoms with E-state index < -0.39 is 0 Å². The zero-order valence-corrected chi connectivity index (χ0v) is 22.8. The van der Waals surface area contributed by atoms with E-state index in [4.69, 9.17) is 14.2 Å². The third-order valence-electron chi connectivity index (χ3n) is 6.95. The van der Waals surface area contributed by atoms with E-state index in [1.54, 1.807) is 6.20 Å². The number of nitrogens with zero attached hydrogens (tertiary/aromatic N) is 3. The lowest BCUT2D eigenvalue weighted by molar-refractivity contribution is 0.0322. The third-order valence-corrected chi connectivity index (χ3v) is 6.95. The Balaban J connectivity index is 1.13. The maximum absolute atomic E-state index is 6.27. The second-order valence-electron chi connectivity index (χ2n) is 9.85. The van der Waals surface area contributed by atoms with Gasteiger partial charge in [0, 0.05) is 49.2 Å². The molecular formula is C33H33N5O3. The van der Waals surface area contributed by atoms with E-state index in [1.807, 2.05) is 66.9 Å². The van der Waals surface area contributed by atoms with Crippen molar-refractivity contribution in [3.8, 4) is 11.5 Å². The zero-order chi connectivity index (χ0) is 27.7. The van der Waals surface area contributed by atoms with Crippen molar-refractivity contribution >= 4 is 35.2 Å². The van der Waals surface area contributed by atoms with Gasteiger partial charge in [-0.25, -0.2) is 0 Å². The average molecular weight is 548 g/mol. The third kappa shape index (κ3) is 7.30. The molecule has 0 unspecified atom stereocenters. The quantitative estimate of drug-likeness (QED) is 0.214. The molecule has 8 heteroatoms. The highest BCUT2D eigenvalue weighted by Crippen LogP contribution is 2.27. The van der Waals surface area contributed by atoms with Crippen LogP contribution in [0.3, 0.4) is 0 Å². The van der Waals surface area contributed by atoms with Gasteiger partial charge in [0.15, 0.2) is 0 Å². The summed E-state index contributed by atoms with van der Waals surface area (Å²) in [6.45, 7) is 5.23. The highest BCUT2D eigenvalue weighted by atomic mass is 16.5. The van der Waals surface area contributed by atoms with Crippen LogP contribution in [0.4, 0.5) is 0 Å². The lowest BCUT2D eigenvalue weighted by atomic mass is 10.1. The van der Waals surface area contributed by atoms with Crippen LogP contribution < -0.4 is 9.47 Å². The number of hydrogen-bond donors (Lipinski definition) is 2. The fraction of sp³-hybridized carbons (Fsp3) is 0.212. The summed E-state index contributed by atoms with van der Waals surface area (Å²) in [6.07, 6.45) is 11.8. The molecule has 0 aliphatic carbocycles. The highest BCUT2D eigenvalue weighted by molar-refractivity contribution is 5.83. The van der Waals surface area contributed by atoms with Gasteiger partial charge in [-0.1, -0.05) is 24.3 Å². The van der Waals surface area contributed by atoms with Crippen molar-refractivity contribution in [3.63, 3.8) is 0 Å². The fourth-order valence-electron chi connectivity index (χ4n) is 4.67. The van der Waals surface area contributed by atoms with E-state index in [1.165, 1.54) is 5.39 Å². The molecule has 0 saturated carbocycles. The first-order valence-electron chi connectivity index (χ1n) is 13.9. The van der Waals surface area contributed by atoms with Crippen molar-refractivity contribution in [2.45, 2.75) is 6.61 Å². The molecule has 41 heavy (non-hydrogen) atoms. The molecule has 0 atom stereocenters. The van der Waals surface area contributed by atoms with Crippen molar-refractivity contribution in [1.82, 2.24) is 25.1 Å². The Bertz CT molecular complexity index is 1620. The van der Waals surface area contributed by atoms with Crippen LogP contribution in [0.1, 0.15) is 28.2 Å². The SMILES string of the molecule is C(=Cc1cc(C=Cc2ccc(OCc3ccccn3)cc2OCCN2CCOCC2)[nH]n1)c1ccc2cc[nH]c2c1. The summed E-state index contributed by atoms with van der Waals surface area (Å²) in [5.41, 5.74) is 5.83. The summed E-state index contributed by atoms with van der Waals surface area (Å²) in [5, 5.41) is 8.75. The molecule has 1 aliphatic heterocycles. The summed E-state index contributed by atoms with van der Waals surface area (Å²) in [4.78, 5) is 9.95. The number of morpholine rings is 1. The van der Waals surface area contributed by atoms with Gasteiger partial charge in [0.2, 0.25) is 0 Å². The number of rotatable bonds is 11. The number of hydrogen-bond acceptors (Lipinski definition) is 6. The molecule has 2 aromatic carbocycles. The molecule has 0 amide bonds. The van der Waals surface area contributed by atoms with Crippen molar-refractivity contribution < 1.29 is 14.2 Å². The number of aromatic nitrogens is 4. The van der Waals surface area contributed by atoms with Crippen molar-refractivity contribution in [3.05, 3.63) is 107 Å². The normalized spacial score (nSPS) is 14.3. The maximum atomic E-state index is 6.27. The van der Waals surface area contributed by atoms with Crippen LogP contribution >= 0.6 is 0 Å². The molecule has 1 saturated heterocycles. The molecule has 4 heterocycles. The first kappa shape index (κ1) is 26.6. The summed E-state index contributed by atoms with van der Waals surface area (Å²) in [6, 6.07) is 22.2. The number of aromatic amines is 2. The zero-order valence-electron chi connectivity index (χ0n) is 22.8. The predicted octanol–water partition coefficient (Wildman–Crippen LogP) is 5.92. The minimum absolute atomic E-state index is 0.395. The van der Waals surface area contributed by atoms with Gasteiger partial charge < -0.3 is 19.2 Å². The van der Waals surface area contributed by atoms with Gasteiger partial charge in [0.1, 0.15) is 24.7 Å². The molecule has 8 nitrogen and oxygen atoms in total. The average Bonchev–Trinajstić information content (AvgIpc) is 3.69. The number of nitrogens with one attached hydrogen (secondary N) is 2. The molecule has 208 valence electrons. The van der Waals surface area contributed by atoms with Crippen molar-refractivity contribution in [2.24, 2.45) is 0 Å². The minimum atomic E-state index is 0.395. The first-order valence-corrected chi connectivity index (χ1v) is 13.9. The molecule has 0 radical (unpaired) electrons. The summed E-state index contributed by atoms with van der Waals surface area (Å²) >= 11 is 0. The van der Waals surface area contributed by atoms with Crippen LogP contribution in [0, 0.1) is 0 Å². The molecule has 0 bridgehead atoms. The van der Waals surface area contributed by atoms with E-state index in [0.717, 1.165) is 78.1 Å². The van der Waals surface area contributed by atoms with Gasteiger partial charge in [0.05, 0.1) is 30.3 Å². The van der Waals surface area contributed by atoms with E-state index in [0.29, 0.717) is 13.2 Å². The van der Waals surface area contributed by atoms with Gasteiger partial charge in [-0.2, -0.15) is 5.10 Å². The van der Waals surface area contributed by atoms with E-state index in [9.17, 15) is 0 Å². The lowest BCUT2D eigenvalue weighted by Crippen LogP contribution is -2.38. The first-order chi connectivity index (χ1) is 20.3. The van der Waals surface area contributed by atoms with Gasteiger partial charge in [-0.05, 0) is 71.6 Å². The smallest absolute Gasteiger partial charge is 0.130 e. The maximum Gasteiger partial charge on any atom is 0.130 e. The summed E-state index contributed by atoms with van der Waals surface area (Å²) < 4.78 is 17.7. The van der Waals surface area contributed by atoms with E-state index >= 15 is 0 Å². The fourth-order valence-corrected chi connectivity index (χ4v) is 4.67. The Labute approximate surface area is 239 Å². The Morgan fingerprint density at radius 1 is 0.902 bits per heavy atom. The Morgan fingerprint density at radius 3 is 2.76 bits per heavy atom. The molecule has 6 rings (SSSR count). The largest absolute Gasteiger partial charge is 0.491 e. The molecule has 0 spiro atoms. The van der Waals surface area contributed by atoms with Gasteiger partial charge in [-0.15, -0.1) is 0 Å². The molecule has 1 fully saturated rings. The van der Waals surface area contributed by atoms with Gasteiger partial charge >= 0.3 is 0 Å². The summed E-state index contributed by atoms with van der Waals surface area (Å²) in [5.74, 6) is 1.51. The standard InChI is InChI=1S/C33H33N5O3/c1-2-13-34-30(3-1)24-41-31-11-8-27(33(23-31)40-20-17-38-15-18-39-19-16-38)7-10-29-22-28(36-37-29)9-5-25-4-6-26-12-14-35-32(26)21-25/h1-14,21-23,35H,15-20,24H2,(H,36,37). The van der Waals surface area contributed by atoms with E-state index in [-0.39, 0.29) is 0 Å². The predicted molar refractivity (Wildman–Crippen MR) is 163 cm³/mol. The second-order valence-corrected chi connectivity index (χ2v) is 9.85. The highest BCUT2D eigenvalue weighted by Gasteiger charge is 2.11. The van der Waals surface area contributed by atoms with Crippen LogP contribution in [-0.4, -0.2) is 64.5 Å². The molecular weight excluding hydrogens is 514 g/mol. The van der Waals surface area contributed by atoms with Crippen molar-refractivity contribution in [1.29, 1.82) is 0 Å². The number of fused-ring (bicyclic) bond motifs is 1. The molecule has 3 aromatic heterocycles. The minimum Gasteiger partial charge on any atom is -0.491 e. The summed E-state index contributed by atoms with van der Waals surface area (Å²) in [7, 11) is 0. The number of pyridine rings is 1. The Hall–Kier alpha value is -4.66. The lowest BCUT2D eigenvalue weighted by Gasteiger charge is -2.26. The Morgan fingerprint density at radius 2 is 1.85 bits per heavy atom.